The second-order valence-corrected chi connectivity index (χ2v) is 15.3. The van der Waals surface area contributed by atoms with E-state index in [2.05, 4.69) is 16.0 Å². The predicted octanol–water partition coefficient (Wildman–Crippen LogP) is 13.6. The summed E-state index contributed by atoms with van der Waals surface area (Å²) in [5.74, 6) is 3.28. The maximum absolute atomic E-state index is 8.52. The van der Waals surface area contributed by atoms with Gasteiger partial charge < -0.3 is 9.47 Å². The van der Waals surface area contributed by atoms with Crippen LogP contribution in [0.25, 0.3) is 77.8 Å². The first-order valence-electron chi connectivity index (χ1n) is 23.2. The Labute approximate surface area is 366 Å². The van der Waals surface area contributed by atoms with Gasteiger partial charge in [-0.15, -0.1) is 0 Å². The molecule has 0 amide bonds. The number of fused-ring (bicyclic) bond motifs is 6. The zero-order valence-corrected chi connectivity index (χ0v) is 33.7. The highest BCUT2D eigenvalue weighted by molar-refractivity contribution is 6.11. The standard InChI is InChI=1S/C54H40N6O2/c1-33-17-19-47-41(23-33)43-25-35(3)51(29-49(43)59(47)53-15-5-7-21-55-53)61-39-13-9-11-37(27-39)45-31-58-46(32-57-45)38-12-10-14-40(28-38)62-52-30-50-44(26-36(52)4)42-24-34(2)18-20-48(42)60(50)54-16-6-8-22-56-54/h5-32H,1-4H3/i1D3,4D3. The van der Waals surface area contributed by atoms with Crippen LogP contribution in [0.15, 0.2) is 170 Å². The van der Waals surface area contributed by atoms with Gasteiger partial charge in [-0.3, -0.25) is 19.1 Å². The Hall–Kier alpha value is -8.10. The minimum Gasteiger partial charge on any atom is -0.457 e. The fraction of sp³-hybridized carbons (Fsp3) is 0.0741. The van der Waals surface area contributed by atoms with Gasteiger partial charge >= 0.3 is 0 Å². The van der Waals surface area contributed by atoms with Crippen LogP contribution in [-0.2, 0) is 0 Å². The van der Waals surface area contributed by atoms with Gasteiger partial charge in [-0.2, -0.15) is 0 Å². The van der Waals surface area contributed by atoms with Crippen LogP contribution in [0.5, 0.6) is 23.0 Å². The summed E-state index contributed by atoms with van der Waals surface area (Å²) in [6.07, 6.45) is 6.87. The number of nitrogens with zero attached hydrogens (tertiary/aromatic N) is 6. The third-order valence-corrected chi connectivity index (χ3v) is 11.2. The summed E-state index contributed by atoms with van der Waals surface area (Å²) < 4.78 is 66.8. The van der Waals surface area contributed by atoms with Gasteiger partial charge in [0.15, 0.2) is 0 Å². The van der Waals surface area contributed by atoms with E-state index in [-0.39, 0.29) is 16.9 Å². The first-order chi connectivity index (χ1) is 32.8. The van der Waals surface area contributed by atoms with Gasteiger partial charge in [-0.1, -0.05) is 59.7 Å². The molecule has 62 heavy (non-hydrogen) atoms. The van der Waals surface area contributed by atoms with Gasteiger partial charge in [0.25, 0.3) is 0 Å². The summed E-state index contributed by atoms with van der Waals surface area (Å²) in [7, 11) is 0. The summed E-state index contributed by atoms with van der Waals surface area (Å²) in [5.41, 5.74) is 8.40. The molecule has 0 atom stereocenters. The minimum absolute atomic E-state index is 0.0991. The van der Waals surface area contributed by atoms with Gasteiger partial charge in [0.2, 0.25) is 0 Å². The van der Waals surface area contributed by atoms with Crippen molar-refractivity contribution >= 4 is 43.6 Å². The lowest BCUT2D eigenvalue weighted by Crippen LogP contribution is -1.97. The SMILES string of the molecule is [2H]C([2H])([2H])c1ccc2c(c1)c1cc(C)c(Oc3cccc(-c4cnc(-c5cccc(Oc6cc7c(cc6C([2H])([2H])[2H])c6cc(C)ccc6n7-c6ccccn6)c5)cn4)c3)cc1n2-c1ccccn1. The van der Waals surface area contributed by atoms with Crippen molar-refractivity contribution in [3.8, 4) is 57.1 Å². The van der Waals surface area contributed by atoms with E-state index in [1.165, 1.54) is 0 Å². The Balaban J connectivity index is 0.891. The summed E-state index contributed by atoms with van der Waals surface area (Å²) in [4.78, 5) is 18.8. The zero-order valence-electron chi connectivity index (χ0n) is 39.7. The van der Waals surface area contributed by atoms with E-state index in [1.54, 1.807) is 55.1 Å². The van der Waals surface area contributed by atoms with Crippen molar-refractivity contribution in [2.45, 2.75) is 27.6 Å². The molecule has 0 bridgehead atoms. The molecule has 0 saturated carbocycles. The number of hydrogen-bond donors (Lipinski definition) is 0. The number of aryl methyl sites for hydroxylation is 4. The highest BCUT2D eigenvalue weighted by Crippen LogP contribution is 2.40. The van der Waals surface area contributed by atoms with E-state index in [4.69, 9.17) is 27.7 Å². The van der Waals surface area contributed by atoms with Crippen LogP contribution in [0.4, 0.5) is 0 Å². The minimum atomic E-state index is -2.46. The van der Waals surface area contributed by atoms with Crippen LogP contribution in [0.3, 0.4) is 0 Å². The lowest BCUT2D eigenvalue weighted by molar-refractivity contribution is 0.479. The van der Waals surface area contributed by atoms with Crippen LogP contribution >= 0.6 is 0 Å². The van der Waals surface area contributed by atoms with Crippen LogP contribution in [0, 0.1) is 27.6 Å². The van der Waals surface area contributed by atoms with Crippen molar-refractivity contribution in [2.75, 3.05) is 0 Å². The third-order valence-electron chi connectivity index (χ3n) is 11.2. The molecule has 0 radical (unpaired) electrons. The molecule has 11 rings (SSSR count). The molecule has 11 aromatic rings. The summed E-state index contributed by atoms with van der Waals surface area (Å²) in [6.45, 7) is -0.728. The Morgan fingerprint density at radius 1 is 0.435 bits per heavy atom. The Kier molecular flexibility index (Phi) is 7.40. The molecule has 0 aliphatic heterocycles. The van der Waals surface area contributed by atoms with E-state index < -0.39 is 13.7 Å². The smallest absolute Gasteiger partial charge is 0.137 e. The highest BCUT2D eigenvalue weighted by atomic mass is 16.5. The molecule has 6 aromatic carbocycles. The number of pyridine rings is 2. The van der Waals surface area contributed by atoms with E-state index in [9.17, 15) is 0 Å². The number of rotatable bonds is 8. The lowest BCUT2D eigenvalue weighted by atomic mass is 10.1. The molecule has 0 spiro atoms. The maximum Gasteiger partial charge on any atom is 0.137 e. The Morgan fingerprint density at radius 2 is 0.952 bits per heavy atom. The quantitative estimate of drug-likeness (QED) is 0.152. The van der Waals surface area contributed by atoms with Crippen LogP contribution in [0.2, 0.25) is 0 Å². The van der Waals surface area contributed by atoms with Gasteiger partial charge in [-0.05, 0) is 124 Å². The fourth-order valence-corrected chi connectivity index (χ4v) is 8.29. The van der Waals surface area contributed by atoms with E-state index in [1.807, 2.05) is 132 Å². The van der Waals surface area contributed by atoms with Crippen LogP contribution < -0.4 is 9.47 Å². The molecule has 0 N–H and O–H groups in total. The molecule has 0 fully saturated rings. The first kappa shape index (κ1) is 30.9. The molecular formula is C54H40N6O2. The summed E-state index contributed by atoms with van der Waals surface area (Å²) >= 11 is 0. The van der Waals surface area contributed by atoms with Crippen molar-refractivity contribution in [2.24, 2.45) is 0 Å². The molecule has 298 valence electrons. The normalized spacial score (nSPS) is 13.4. The highest BCUT2D eigenvalue weighted by Gasteiger charge is 2.19. The average Bonchev–Trinajstić information content (AvgIpc) is 3.82. The zero-order chi connectivity index (χ0) is 46.9. The monoisotopic (exact) mass is 810 g/mol. The number of benzene rings is 6. The van der Waals surface area contributed by atoms with Gasteiger partial charge in [0.1, 0.15) is 34.6 Å². The Bertz CT molecular complexity index is 3740. The fourth-order valence-electron chi connectivity index (χ4n) is 8.29. The molecule has 0 aliphatic rings. The van der Waals surface area contributed by atoms with Crippen molar-refractivity contribution in [3.63, 3.8) is 0 Å². The van der Waals surface area contributed by atoms with Crippen molar-refractivity contribution < 1.29 is 17.7 Å². The van der Waals surface area contributed by atoms with E-state index >= 15 is 0 Å². The topological polar surface area (TPSA) is 79.9 Å². The molecule has 8 nitrogen and oxygen atoms in total. The lowest BCUT2D eigenvalue weighted by Gasteiger charge is -2.13. The average molecular weight is 811 g/mol. The molecule has 0 unspecified atom stereocenters. The van der Waals surface area contributed by atoms with Crippen molar-refractivity contribution in [1.29, 1.82) is 0 Å². The third kappa shape index (κ3) is 6.49. The van der Waals surface area contributed by atoms with E-state index in [0.717, 1.165) is 65.9 Å². The number of ether oxygens (including phenoxy) is 2. The summed E-state index contributed by atoms with van der Waals surface area (Å²) in [5, 5.41) is 3.42. The maximum atomic E-state index is 8.52. The molecule has 0 saturated heterocycles. The molecular weight excluding hydrogens is 765 g/mol. The van der Waals surface area contributed by atoms with Crippen molar-refractivity contribution in [1.82, 2.24) is 29.1 Å². The predicted molar refractivity (Wildman–Crippen MR) is 249 cm³/mol. The molecule has 0 aliphatic carbocycles. The first-order valence-corrected chi connectivity index (χ1v) is 20.2. The van der Waals surface area contributed by atoms with E-state index in [0.29, 0.717) is 40.3 Å². The Morgan fingerprint density at radius 3 is 1.47 bits per heavy atom. The molecule has 5 aromatic heterocycles. The van der Waals surface area contributed by atoms with Crippen molar-refractivity contribution in [3.05, 3.63) is 193 Å². The van der Waals surface area contributed by atoms with Gasteiger partial charge in [0, 0.05) is 65.4 Å². The molecule has 8 heteroatoms. The largest absolute Gasteiger partial charge is 0.457 e. The second kappa shape index (κ2) is 14.9. The second-order valence-electron chi connectivity index (χ2n) is 15.3. The number of hydrogen-bond acceptors (Lipinski definition) is 6. The number of aromatic nitrogens is 6. The molecule has 5 heterocycles. The summed E-state index contributed by atoms with van der Waals surface area (Å²) in [6, 6.07) is 45.3. The van der Waals surface area contributed by atoms with Gasteiger partial charge in [-0.25, -0.2) is 9.97 Å². The van der Waals surface area contributed by atoms with Crippen LogP contribution in [-0.4, -0.2) is 29.1 Å². The van der Waals surface area contributed by atoms with Gasteiger partial charge in [0.05, 0.1) is 45.8 Å². The van der Waals surface area contributed by atoms with Crippen LogP contribution in [0.1, 0.15) is 30.5 Å².